The van der Waals surface area contributed by atoms with Gasteiger partial charge in [0.2, 0.25) is 5.78 Å². The second-order valence-corrected chi connectivity index (χ2v) is 6.27. The van der Waals surface area contributed by atoms with E-state index in [4.69, 9.17) is 8.83 Å². The molecule has 3 heterocycles. The van der Waals surface area contributed by atoms with Crippen LogP contribution in [0.3, 0.4) is 0 Å². The smallest absolute Gasteiger partial charge is 0.217 e. The molecule has 0 bridgehead atoms. The van der Waals surface area contributed by atoms with E-state index in [1.807, 2.05) is 42.5 Å². The number of thioether (sulfide) groups is 1. The number of hydrogen-bond donors (Lipinski definition) is 0. The lowest BCUT2D eigenvalue weighted by Gasteiger charge is -2.12. The summed E-state index contributed by atoms with van der Waals surface area (Å²) in [5.74, 6) is 1.45. The lowest BCUT2D eigenvalue weighted by atomic mass is 10.1. The molecule has 2 atom stereocenters. The molecule has 1 aliphatic rings. The van der Waals surface area contributed by atoms with Crippen molar-refractivity contribution in [2.24, 2.45) is 4.99 Å². The second-order valence-electron chi connectivity index (χ2n) is 5.14. The maximum Gasteiger partial charge on any atom is 0.217 e. The maximum atomic E-state index is 12.7. The van der Waals surface area contributed by atoms with Crippen LogP contribution in [-0.2, 0) is 0 Å². The van der Waals surface area contributed by atoms with Crippen molar-refractivity contribution in [3.63, 3.8) is 0 Å². The Hall–Kier alpha value is -2.53. The first-order valence-corrected chi connectivity index (χ1v) is 8.12. The average Bonchev–Trinajstić information content (AvgIpc) is 3.34. The lowest BCUT2D eigenvalue weighted by Crippen LogP contribution is -2.08. The summed E-state index contributed by atoms with van der Waals surface area (Å²) in [4.78, 5) is 17.3. The van der Waals surface area contributed by atoms with E-state index in [1.165, 1.54) is 11.8 Å². The Kier molecular flexibility index (Phi) is 3.63. The zero-order valence-corrected chi connectivity index (χ0v) is 12.9. The Morgan fingerprint density at radius 1 is 0.913 bits per heavy atom. The van der Waals surface area contributed by atoms with Gasteiger partial charge in [0.15, 0.2) is 0 Å². The van der Waals surface area contributed by atoms with Crippen molar-refractivity contribution in [1.82, 2.24) is 0 Å². The summed E-state index contributed by atoms with van der Waals surface area (Å²) in [5, 5.41) is 0.387. The van der Waals surface area contributed by atoms with Crippen LogP contribution in [-0.4, -0.2) is 10.8 Å². The molecule has 1 aliphatic heterocycles. The number of carbonyl (C=O) groups is 1. The van der Waals surface area contributed by atoms with E-state index in [9.17, 15) is 4.79 Å². The van der Waals surface area contributed by atoms with E-state index in [-0.39, 0.29) is 17.1 Å². The van der Waals surface area contributed by atoms with Crippen LogP contribution in [0.4, 0.5) is 0 Å². The average molecular weight is 323 g/mol. The topological polar surface area (TPSA) is 55.7 Å². The quantitative estimate of drug-likeness (QED) is 0.654. The number of Topliss-reactive ketones (excluding diaryl/α,β-unsaturated/α-hetero) is 1. The first kappa shape index (κ1) is 14.1. The minimum Gasteiger partial charge on any atom is -0.468 e. The summed E-state index contributed by atoms with van der Waals surface area (Å²) >= 11 is 1.42. The highest BCUT2D eigenvalue weighted by atomic mass is 32.2. The molecule has 114 valence electrons. The molecule has 4 nitrogen and oxygen atoms in total. The van der Waals surface area contributed by atoms with Gasteiger partial charge in [-0.3, -0.25) is 9.79 Å². The van der Waals surface area contributed by atoms with Crippen molar-refractivity contribution in [3.05, 3.63) is 84.2 Å². The Labute approximate surface area is 137 Å². The summed E-state index contributed by atoms with van der Waals surface area (Å²) in [6, 6.07) is 16.4. The van der Waals surface area contributed by atoms with Gasteiger partial charge >= 0.3 is 0 Å². The van der Waals surface area contributed by atoms with Crippen molar-refractivity contribution in [1.29, 1.82) is 0 Å². The SMILES string of the molecule is O=C(C1=NC(c2ccco2)C(c2ccco2)S1)c1ccccc1. The predicted octanol–water partition coefficient (Wildman–Crippen LogP) is 4.68. The standard InChI is InChI=1S/C18H13NO3S/c20-16(12-6-2-1-3-7-12)18-19-15(13-8-4-10-21-13)17(23-18)14-9-5-11-22-14/h1-11,15,17H. The molecule has 5 heteroatoms. The Bertz CT molecular complexity index is 823. The number of benzene rings is 1. The van der Waals surface area contributed by atoms with Crippen LogP contribution in [0.15, 0.2) is 81.0 Å². The molecule has 0 radical (unpaired) electrons. The minimum absolute atomic E-state index is 0.0683. The van der Waals surface area contributed by atoms with Crippen molar-refractivity contribution in [2.75, 3.05) is 0 Å². The van der Waals surface area contributed by atoms with Gasteiger partial charge in [-0.15, -0.1) is 0 Å². The number of furan rings is 2. The van der Waals surface area contributed by atoms with Gasteiger partial charge in [0.05, 0.1) is 17.8 Å². The third-order valence-electron chi connectivity index (χ3n) is 3.67. The molecule has 2 aromatic heterocycles. The zero-order chi connectivity index (χ0) is 15.6. The first-order valence-electron chi connectivity index (χ1n) is 7.24. The van der Waals surface area contributed by atoms with Gasteiger partial charge in [0.25, 0.3) is 0 Å². The van der Waals surface area contributed by atoms with Gasteiger partial charge < -0.3 is 8.83 Å². The van der Waals surface area contributed by atoms with Gasteiger partial charge in [-0.05, 0) is 24.3 Å². The van der Waals surface area contributed by atoms with E-state index in [0.717, 1.165) is 11.5 Å². The fourth-order valence-electron chi connectivity index (χ4n) is 2.57. The summed E-state index contributed by atoms with van der Waals surface area (Å²) in [7, 11) is 0. The Balaban J connectivity index is 1.69. The molecule has 0 saturated heterocycles. The van der Waals surface area contributed by atoms with Crippen molar-refractivity contribution in [2.45, 2.75) is 11.3 Å². The van der Waals surface area contributed by atoms with Gasteiger partial charge in [-0.1, -0.05) is 42.1 Å². The van der Waals surface area contributed by atoms with E-state index < -0.39 is 0 Å². The molecule has 0 aliphatic carbocycles. The fourth-order valence-corrected chi connectivity index (χ4v) is 3.79. The number of aliphatic imine (C=N–C) groups is 1. The lowest BCUT2D eigenvalue weighted by molar-refractivity contribution is 0.106. The number of hydrogen-bond acceptors (Lipinski definition) is 5. The fraction of sp³-hybridized carbons (Fsp3) is 0.111. The van der Waals surface area contributed by atoms with Crippen LogP contribution in [0, 0.1) is 0 Å². The van der Waals surface area contributed by atoms with Gasteiger partial charge in [0, 0.05) is 5.56 Å². The first-order chi connectivity index (χ1) is 11.3. The van der Waals surface area contributed by atoms with E-state index in [1.54, 1.807) is 24.7 Å². The van der Waals surface area contributed by atoms with Crippen LogP contribution in [0.1, 0.15) is 33.2 Å². The normalized spacial score (nSPS) is 20.4. The van der Waals surface area contributed by atoms with Crippen LogP contribution >= 0.6 is 11.8 Å². The molecule has 2 unspecified atom stereocenters. The zero-order valence-electron chi connectivity index (χ0n) is 12.1. The van der Waals surface area contributed by atoms with Crippen molar-refractivity contribution in [3.8, 4) is 0 Å². The van der Waals surface area contributed by atoms with Crippen LogP contribution in [0.25, 0.3) is 0 Å². The summed E-state index contributed by atoms with van der Waals surface area (Å²) in [6.45, 7) is 0. The highest BCUT2D eigenvalue weighted by molar-refractivity contribution is 8.16. The monoisotopic (exact) mass is 323 g/mol. The number of rotatable bonds is 4. The molecular weight excluding hydrogens is 310 g/mol. The predicted molar refractivity (Wildman–Crippen MR) is 88.7 cm³/mol. The Morgan fingerprint density at radius 2 is 1.61 bits per heavy atom. The third kappa shape index (κ3) is 2.64. The van der Waals surface area contributed by atoms with Crippen LogP contribution in [0.5, 0.6) is 0 Å². The van der Waals surface area contributed by atoms with E-state index in [0.29, 0.717) is 10.6 Å². The van der Waals surface area contributed by atoms with Gasteiger partial charge in [-0.2, -0.15) is 0 Å². The third-order valence-corrected chi connectivity index (χ3v) is 4.93. The van der Waals surface area contributed by atoms with Gasteiger partial charge in [-0.25, -0.2) is 0 Å². The summed E-state index contributed by atoms with van der Waals surface area (Å²) in [6.07, 6.45) is 3.25. The number of ketones is 1. The molecule has 0 fully saturated rings. The van der Waals surface area contributed by atoms with Crippen LogP contribution < -0.4 is 0 Å². The Morgan fingerprint density at radius 3 is 2.26 bits per heavy atom. The molecule has 3 aromatic rings. The van der Waals surface area contributed by atoms with E-state index >= 15 is 0 Å². The highest BCUT2D eigenvalue weighted by Crippen LogP contribution is 2.49. The summed E-state index contributed by atoms with van der Waals surface area (Å²) in [5.41, 5.74) is 0.636. The molecule has 4 rings (SSSR count). The maximum absolute atomic E-state index is 12.7. The molecule has 1 aromatic carbocycles. The number of nitrogens with zero attached hydrogens (tertiary/aromatic N) is 1. The number of carbonyl (C=O) groups excluding carboxylic acids is 1. The molecular formula is C18H13NO3S. The van der Waals surface area contributed by atoms with Crippen LogP contribution in [0.2, 0.25) is 0 Å². The molecule has 0 N–H and O–H groups in total. The molecule has 0 amide bonds. The minimum atomic E-state index is -0.260. The molecule has 0 spiro atoms. The molecule has 0 saturated carbocycles. The van der Waals surface area contributed by atoms with Gasteiger partial charge in [0.1, 0.15) is 22.6 Å². The van der Waals surface area contributed by atoms with Crippen molar-refractivity contribution >= 4 is 22.6 Å². The van der Waals surface area contributed by atoms with Crippen molar-refractivity contribution < 1.29 is 13.6 Å². The summed E-state index contributed by atoms with van der Waals surface area (Å²) < 4.78 is 11.0. The van der Waals surface area contributed by atoms with E-state index in [2.05, 4.69) is 4.99 Å². The highest BCUT2D eigenvalue weighted by Gasteiger charge is 2.38. The second kappa shape index (κ2) is 5.93. The largest absolute Gasteiger partial charge is 0.468 e. The molecule has 23 heavy (non-hydrogen) atoms.